The quantitative estimate of drug-likeness (QED) is 0.716. The third-order valence-electron chi connectivity index (χ3n) is 3.90. The molecule has 0 atom stereocenters. The topological polar surface area (TPSA) is 12.5 Å². The standard InChI is InChI=1S/C14H19NO/c1-15-7-4-11(5-8-15)12-2-3-14-13(10-12)6-9-16-14/h2-3,10-11H,4-9H2,1H3. The summed E-state index contributed by atoms with van der Waals surface area (Å²) in [5.74, 6) is 1.87. The van der Waals surface area contributed by atoms with Crippen LogP contribution in [0.15, 0.2) is 18.2 Å². The molecule has 0 radical (unpaired) electrons. The maximum absolute atomic E-state index is 5.55. The van der Waals surface area contributed by atoms with Crippen LogP contribution in [0.4, 0.5) is 0 Å². The fourth-order valence-corrected chi connectivity index (χ4v) is 2.80. The van der Waals surface area contributed by atoms with Crippen molar-refractivity contribution in [3.05, 3.63) is 29.3 Å². The van der Waals surface area contributed by atoms with E-state index in [9.17, 15) is 0 Å². The predicted octanol–water partition coefficient (Wildman–Crippen LogP) is 2.43. The summed E-state index contributed by atoms with van der Waals surface area (Å²) in [4.78, 5) is 2.42. The van der Waals surface area contributed by atoms with Crippen LogP contribution in [0.3, 0.4) is 0 Å². The Hall–Kier alpha value is -1.02. The number of nitrogens with zero attached hydrogens (tertiary/aromatic N) is 1. The molecule has 1 aromatic carbocycles. The third-order valence-corrected chi connectivity index (χ3v) is 3.90. The van der Waals surface area contributed by atoms with Crippen LogP contribution >= 0.6 is 0 Å². The number of likely N-dealkylation sites (tertiary alicyclic amines) is 1. The maximum atomic E-state index is 5.55. The lowest BCUT2D eigenvalue weighted by Gasteiger charge is -2.29. The summed E-state index contributed by atoms with van der Waals surface area (Å²) in [5, 5.41) is 0. The summed E-state index contributed by atoms with van der Waals surface area (Å²) >= 11 is 0. The molecule has 1 fully saturated rings. The smallest absolute Gasteiger partial charge is 0.122 e. The zero-order valence-electron chi connectivity index (χ0n) is 9.91. The van der Waals surface area contributed by atoms with E-state index >= 15 is 0 Å². The molecule has 2 aliphatic heterocycles. The second-order valence-electron chi connectivity index (χ2n) is 5.04. The number of piperidine rings is 1. The first-order valence-electron chi connectivity index (χ1n) is 6.27. The van der Waals surface area contributed by atoms with Crippen LogP contribution in [0.5, 0.6) is 5.75 Å². The van der Waals surface area contributed by atoms with Crippen molar-refractivity contribution >= 4 is 0 Å². The van der Waals surface area contributed by atoms with Gasteiger partial charge in [0, 0.05) is 6.42 Å². The molecular formula is C14H19NO. The second-order valence-corrected chi connectivity index (χ2v) is 5.04. The van der Waals surface area contributed by atoms with Crippen molar-refractivity contribution in [3.8, 4) is 5.75 Å². The highest BCUT2D eigenvalue weighted by Crippen LogP contribution is 2.32. The van der Waals surface area contributed by atoms with Gasteiger partial charge in [0.05, 0.1) is 6.61 Å². The first kappa shape index (κ1) is 10.2. The molecule has 2 aliphatic rings. The molecule has 0 unspecified atom stereocenters. The Morgan fingerprint density at radius 2 is 2.06 bits per heavy atom. The van der Waals surface area contributed by atoms with Crippen molar-refractivity contribution < 1.29 is 4.74 Å². The van der Waals surface area contributed by atoms with Crippen LogP contribution in [0.25, 0.3) is 0 Å². The molecular weight excluding hydrogens is 198 g/mol. The molecule has 0 N–H and O–H groups in total. The van der Waals surface area contributed by atoms with E-state index in [2.05, 4.69) is 30.1 Å². The van der Waals surface area contributed by atoms with E-state index in [-0.39, 0.29) is 0 Å². The van der Waals surface area contributed by atoms with E-state index in [1.807, 2.05) is 0 Å². The van der Waals surface area contributed by atoms with Gasteiger partial charge < -0.3 is 9.64 Å². The molecule has 86 valence electrons. The lowest BCUT2D eigenvalue weighted by atomic mass is 9.88. The van der Waals surface area contributed by atoms with Gasteiger partial charge >= 0.3 is 0 Å². The second kappa shape index (κ2) is 4.10. The molecule has 1 aromatic rings. The van der Waals surface area contributed by atoms with Crippen LogP contribution < -0.4 is 4.74 Å². The Kier molecular flexibility index (Phi) is 2.60. The largest absolute Gasteiger partial charge is 0.493 e. The minimum Gasteiger partial charge on any atom is -0.493 e. The summed E-state index contributed by atoms with van der Waals surface area (Å²) < 4.78 is 5.55. The van der Waals surface area contributed by atoms with Gasteiger partial charge in [-0.3, -0.25) is 0 Å². The normalized spacial score (nSPS) is 21.8. The summed E-state index contributed by atoms with van der Waals surface area (Å²) in [6, 6.07) is 6.80. The molecule has 0 aliphatic carbocycles. The molecule has 0 bridgehead atoms. The Labute approximate surface area is 97.2 Å². The summed E-state index contributed by atoms with van der Waals surface area (Å²) in [5.41, 5.74) is 2.94. The molecule has 2 nitrogen and oxygen atoms in total. The summed E-state index contributed by atoms with van der Waals surface area (Å²) in [6.07, 6.45) is 3.70. The van der Waals surface area contributed by atoms with Gasteiger partial charge in [-0.2, -0.15) is 0 Å². The van der Waals surface area contributed by atoms with Crippen molar-refractivity contribution in [2.75, 3.05) is 26.7 Å². The molecule has 16 heavy (non-hydrogen) atoms. The first-order valence-corrected chi connectivity index (χ1v) is 6.27. The Morgan fingerprint density at radius 1 is 1.25 bits per heavy atom. The van der Waals surface area contributed by atoms with Crippen molar-refractivity contribution in [2.24, 2.45) is 0 Å². The maximum Gasteiger partial charge on any atom is 0.122 e. The highest BCUT2D eigenvalue weighted by Gasteiger charge is 2.20. The monoisotopic (exact) mass is 217 g/mol. The van der Waals surface area contributed by atoms with Crippen LogP contribution in [0.2, 0.25) is 0 Å². The molecule has 0 saturated carbocycles. The number of hydrogen-bond acceptors (Lipinski definition) is 2. The number of fused-ring (bicyclic) bond motifs is 1. The number of rotatable bonds is 1. The summed E-state index contributed by atoms with van der Waals surface area (Å²) in [6.45, 7) is 3.34. The molecule has 3 rings (SSSR count). The van der Waals surface area contributed by atoms with E-state index in [0.717, 1.165) is 24.7 Å². The van der Waals surface area contributed by atoms with Crippen LogP contribution in [-0.2, 0) is 6.42 Å². The average Bonchev–Trinajstić information content (AvgIpc) is 2.77. The molecule has 0 amide bonds. The lowest BCUT2D eigenvalue weighted by molar-refractivity contribution is 0.255. The van der Waals surface area contributed by atoms with E-state index in [1.165, 1.54) is 37.1 Å². The first-order chi connectivity index (χ1) is 7.83. The van der Waals surface area contributed by atoms with E-state index in [1.54, 1.807) is 0 Å². The average molecular weight is 217 g/mol. The molecule has 1 saturated heterocycles. The molecule has 2 heterocycles. The fourth-order valence-electron chi connectivity index (χ4n) is 2.80. The van der Waals surface area contributed by atoms with E-state index < -0.39 is 0 Å². The SMILES string of the molecule is CN1CCC(c2ccc3c(c2)CCO3)CC1. The van der Waals surface area contributed by atoms with E-state index in [4.69, 9.17) is 4.74 Å². The van der Waals surface area contributed by atoms with Gasteiger partial charge in [0.15, 0.2) is 0 Å². The minimum absolute atomic E-state index is 0.766. The number of hydrogen-bond donors (Lipinski definition) is 0. The number of ether oxygens (including phenoxy) is 1. The van der Waals surface area contributed by atoms with Gasteiger partial charge in [0.25, 0.3) is 0 Å². The number of benzene rings is 1. The Morgan fingerprint density at radius 3 is 2.88 bits per heavy atom. The molecule has 0 aromatic heterocycles. The predicted molar refractivity (Wildman–Crippen MR) is 65.1 cm³/mol. The van der Waals surface area contributed by atoms with Gasteiger partial charge in [-0.25, -0.2) is 0 Å². The van der Waals surface area contributed by atoms with Gasteiger partial charge in [-0.05, 0) is 56.1 Å². The molecule has 2 heteroatoms. The van der Waals surface area contributed by atoms with Crippen molar-refractivity contribution in [1.29, 1.82) is 0 Å². The van der Waals surface area contributed by atoms with Crippen LogP contribution in [-0.4, -0.2) is 31.6 Å². The molecule has 0 spiro atoms. The summed E-state index contributed by atoms with van der Waals surface area (Å²) in [7, 11) is 2.22. The van der Waals surface area contributed by atoms with Crippen LogP contribution in [0, 0.1) is 0 Å². The highest BCUT2D eigenvalue weighted by atomic mass is 16.5. The van der Waals surface area contributed by atoms with Crippen LogP contribution in [0.1, 0.15) is 29.9 Å². The van der Waals surface area contributed by atoms with Gasteiger partial charge in [-0.1, -0.05) is 12.1 Å². The van der Waals surface area contributed by atoms with Crippen molar-refractivity contribution in [3.63, 3.8) is 0 Å². The Bertz CT molecular complexity index is 380. The third kappa shape index (κ3) is 1.82. The van der Waals surface area contributed by atoms with E-state index in [0.29, 0.717) is 0 Å². The van der Waals surface area contributed by atoms with Crippen molar-refractivity contribution in [1.82, 2.24) is 4.90 Å². The van der Waals surface area contributed by atoms with Gasteiger partial charge in [-0.15, -0.1) is 0 Å². The Balaban J connectivity index is 1.79. The minimum atomic E-state index is 0.766. The zero-order chi connectivity index (χ0) is 11.0. The fraction of sp³-hybridized carbons (Fsp3) is 0.571. The van der Waals surface area contributed by atoms with Gasteiger partial charge in [0.1, 0.15) is 5.75 Å². The zero-order valence-corrected chi connectivity index (χ0v) is 9.91. The van der Waals surface area contributed by atoms with Gasteiger partial charge in [0.2, 0.25) is 0 Å². The highest BCUT2D eigenvalue weighted by molar-refractivity contribution is 5.41. The lowest BCUT2D eigenvalue weighted by Crippen LogP contribution is -2.29. The van der Waals surface area contributed by atoms with Crippen molar-refractivity contribution in [2.45, 2.75) is 25.2 Å².